The Labute approximate surface area is 184 Å². The van der Waals surface area contributed by atoms with Gasteiger partial charge in [-0.15, -0.1) is 0 Å². The van der Waals surface area contributed by atoms with Gasteiger partial charge in [0.2, 0.25) is 20.9 Å². The van der Waals surface area contributed by atoms with Crippen LogP contribution in [0, 0.1) is 11.2 Å². The molecule has 0 radical (unpaired) electrons. The Morgan fingerprint density at radius 1 is 1.23 bits per heavy atom. The molecule has 0 bridgehead atoms. The molecular weight excluding hydrogens is 417 g/mol. The van der Waals surface area contributed by atoms with E-state index < -0.39 is 15.7 Å². The first-order valence-electron chi connectivity index (χ1n) is 10.7. The second kappa shape index (κ2) is 8.73. The van der Waals surface area contributed by atoms with Crippen molar-refractivity contribution in [1.82, 2.24) is 14.5 Å². The first-order valence-corrected chi connectivity index (χ1v) is 12.4. The molecule has 1 fully saturated rings. The van der Waals surface area contributed by atoms with Crippen molar-refractivity contribution in [2.75, 3.05) is 0 Å². The van der Waals surface area contributed by atoms with Crippen molar-refractivity contribution in [3.05, 3.63) is 47.5 Å². The van der Waals surface area contributed by atoms with Gasteiger partial charge in [0.1, 0.15) is 5.82 Å². The molecule has 8 heteroatoms. The zero-order valence-electron chi connectivity index (χ0n) is 18.9. The van der Waals surface area contributed by atoms with Gasteiger partial charge >= 0.3 is 0 Å². The molecular formula is C23H32FN3O3S. The fourth-order valence-electron chi connectivity index (χ4n) is 3.68. The third-order valence-corrected chi connectivity index (χ3v) is 6.80. The summed E-state index contributed by atoms with van der Waals surface area (Å²) in [5.74, 6) is -0.583. The highest BCUT2D eigenvalue weighted by molar-refractivity contribution is 7.90. The van der Waals surface area contributed by atoms with Crippen LogP contribution in [0.15, 0.2) is 35.6 Å². The van der Waals surface area contributed by atoms with Crippen LogP contribution in [0.1, 0.15) is 71.2 Å². The highest BCUT2D eigenvalue weighted by Gasteiger charge is 2.35. The van der Waals surface area contributed by atoms with Crippen LogP contribution in [0.4, 0.5) is 4.39 Å². The quantitative estimate of drug-likeness (QED) is 0.595. The normalized spacial score (nSPS) is 14.8. The molecule has 0 atom stereocenters. The molecule has 1 aromatic heterocycles. The second-order valence-electron chi connectivity index (χ2n) is 9.87. The summed E-state index contributed by atoms with van der Waals surface area (Å²) in [5.41, 5.74) is 1.09. The smallest absolute Gasteiger partial charge is 0.228 e. The maximum Gasteiger partial charge on any atom is 0.228 e. The van der Waals surface area contributed by atoms with Crippen LogP contribution < -0.4 is 0 Å². The van der Waals surface area contributed by atoms with E-state index >= 15 is 0 Å². The van der Waals surface area contributed by atoms with Gasteiger partial charge in [-0.3, -0.25) is 4.79 Å². The summed E-state index contributed by atoms with van der Waals surface area (Å²) in [4.78, 5) is 19.1. The molecule has 1 aliphatic carbocycles. The minimum Gasteiger partial charge on any atom is -0.334 e. The van der Waals surface area contributed by atoms with Gasteiger partial charge in [-0.1, -0.05) is 32.9 Å². The van der Waals surface area contributed by atoms with E-state index in [0.717, 1.165) is 12.8 Å². The summed E-state index contributed by atoms with van der Waals surface area (Å²) in [6.45, 7) is 10.3. The molecule has 2 aromatic rings. The van der Waals surface area contributed by atoms with E-state index in [4.69, 9.17) is 0 Å². The van der Waals surface area contributed by atoms with Gasteiger partial charge in [-0.25, -0.2) is 17.8 Å². The zero-order valence-corrected chi connectivity index (χ0v) is 19.7. The summed E-state index contributed by atoms with van der Waals surface area (Å²) in [5, 5.41) is -0.0131. The van der Waals surface area contributed by atoms with Gasteiger partial charge in [0.05, 0.1) is 24.2 Å². The van der Waals surface area contributed by atoms with Crippen LogP contribution in [0.2, 0.25) is 0 Å². The molecule has 0 unspecified atom stereocenters. The average molecular weight is 450 g/mol. The van der Waals surface area contributed by atoms with Crippen molar-refractivity contribution >= 4 is 15.7 Å². The molecule has 0 saturated heterocycles. The van der Waals surface area contributed by atoms with Crippen molar-refractivity contribution in [2.45, 2.75) is 83.4 Å². The number of benzene rings is 1. The number of halogens is 1. The third kappa shape index (κ3) is 5.93. The van der Waals surface area contributed by atoms with Crippen molar-refractivity contribution in [3.63, 3.8) is 0 Å². The molecule has 1 aromatic carbocycles. The molecule has 1 amide bonds. The van der Waals surface area contributed by atoms with Crippen LogP contribution in [-0.4, -0.2) is 34.8 Å². The summed E-state index contributed by atoms with van der Waals surface area (Å²) in [6.07, 6.45) is 3.95. The zero-order chi connectivity index (χ0) is 23.0. The van der Waals surface area contributed by atoms with Crippen LogP contribution in [0.5, 0.6) is 0 Å². The highest BCUT2D eigenvalue weighted by Crippen LogP contribution is 2.32. The summed E-state index contributed by atoms with van der Waals surface area (Å²) < 4.78 is 41.1. The standard InChI is InChI=1S/C23H32FN3O3S/c1-16(2)27-20(14-26(19-10-11-19)21(28)12-23(3,4)5)13-25-22(27)31(29,30)15-17-6-8-18(24)9-7-17/h6-9,13,16,19H,10-12,14-15H2,1-5H3. The molecule has 1 saturated carbocycles. The van der Waals surface area contributed by atoms with Gasteiger partial charge in [-0.05, 0) is 49.8 Å². The number of imidazole rings is 1. The van der Waals surface area contributed by atoms with E-state index in [2.05, 4.69) is 4.98 Å². The minimum atomic E-state index is -3.74. The Morgan fingerprint density at radius 2 is 1.84 bits per heavy atom. The lowest BCUT2D eigenvalue weighted by Crippen LogP contribution is -2.35. The molecule has 1 heterocycles. The molecule has 1 aliphatic rings. The Balaban J connectivity index is 1.89. The maximum absolute atomic E-state index is 13.2. The van der Waals surface area contributed by atoms with E-state index in [1.165, 1.54) is 24.3 Å². The van der Waals surface area contributed by atoms with E-state index in [1.807, 2.05) is 39.5 Å². The first kappa shape index (κ1) is 23.4. The van der Waals surface area contributed by atoms with Gasteiger partial charge in [0, 0.05) is 18.5 Å². The highest BCUT2D eigenvalue weighted by atomic mass is 32.2. The summed E-state index contributed by atoms with van der Waals surface area (Å²) >= 11 is 0. The molecule has 0 N–H and O–H groups in total. The SMILES string of the molecule is CC(C)n1c(CN(C(=O)CC(C)(C)C)C2CC2)cnc1S(=O)(=O)Cc1ccc(F)cc1. The van der Waals surface area contributed by atoms with Crippen LogP contribution in [-0.2, 0) is 26.9 Å². The third-order valence-electron chi connectivity index (χ3n) is 5.23. The predicted molar refractivity (Wildman–Crippen MR) is 118 cm³/mol. The van der Waals surface area contributed by atoms with Crippen molar-refractivity contribution < 1.29 is 17.6 Å². The number of hydrogen-bond acceptors (Lipinski definition) is 4. The van der Waals surface area contributed by atoms with Crippen LogP contribution in [0.25, 0.3) is 0 Å². The van der Waals surface area contributed by atoms with E-state index in [9.17, 15) is 17.6 Å². The minimum absolute atomic E-state index is 0.0131. The number of carbonyl (C=O) groups is 1. The number of hydrogen-bond donors (Lipinski definition) is 0. The van der Waals surface area contributed by atoms with Gasteiger partial charge in [0.15, 0.2) is 0 Å². The lowest BCUT2D eigenvalue weighted by Gasteiger charge is -2.27. The molecule has 0 spiro atoms. The maximum atomic E-state index is 13.2. The predicted octanol–water partition coefficient (Wildman–Crippen LogP) is 4.50. The van der Waals surface area contributed by atoms with Gasteiger partial charge in [-0.2, -0.15) is 0 Å². The molecule has 0 aliphatic heterocycles. The number of amides is 1. The lowest BCUT2D eigenvalue weighted by atomic mass is 9.91. The number of carbonyl (C=O) groups excluding carboxylic acids is 1. The fraction of sp³-hybridized carbons (Fsp3) is 0.565. The Kier molecular flexibility index (Phi) is 6.60. The number of aromatic nitrogens is 2. The Morgan fingerprint density at radius 3 is 2.35 bits per heavy atom. The number of rotatable bonds is 8. The first-order chi connectivity index (χ1) is 14.4. The largest absolute Gasteiger partial charge is 0.334 e. The van der Waals surface area contributed by atoms with E-state index in [1.54, 1.807) is 10.8 Å². The topological polar surface area (TPSA) is 72.3 Å². The van der Waals surface area contributed by atoms with Gasteiger partial charge in [0.25, 0.3) is 0 Å². The Hall–Kier alpha value is -2.22. The Bertz CT molecular complexity index is 1030. The van der Waals surface area contributed by atoms with Crippen molar-refractivity contribution in [2.24, 2.45) is 5.41 Å². The lowest BCUT2D eigenvalue weighted by molar-refractivity contribution is -0.134. The van der Waals surface area contributed by atoms with Crippen LogP contribution >= 0.6 is 0 Å². The van der Waals surface area contributed by atoms with Crippen molar-refractivity contribution in [1.29, 1.82) is 0 Å². The molecule has 3 rings (SSSR count). The average Bonchev–Trinajstić information content (AvgIpc) is 3.37. The number of nitrogens with zero attached hydrogens (tertiary/aromatic N) is 3. The van der Waals surface area contributed by atoms with E-state index in [-0.39, 0.29) is 34.3 Å². The summed E-state index contributed by atoms with van der Waals surface area (Å²) in [7, 11) is -3.74. The van der Waals surface area contributed by atoms with Crippen molar-refractivity contribution in [3.8, 4) is 0 Å². The number of sulfone groups is 1. The van der Waals surface area contributed by atoms with Gasteiger partial charge < -0.3 is 9.47 Å². The second-order valence-corrected chi connectivity index (χ2v) is 11.8. The fourth-order valence-corrected chi connectivity index (χ4v) is 5.28. The summed E-state index contributed by atoms with van der Waals surface area (Å²) in [6, 6.07) is 5.50. The monoisotopic (exact) mass is 449 g/mol. The van der Waals surface area contributed by atoms with Crippen LogP contribution in [0.3, 0.4) is 0 Å². The molecule has 170 valence electrons. The molecule has 31 heavy (non-hydrogen) atoms. The van der Waals surface area contributed by atoms with E-state index in [0.29, 0.717) is 24.2 Å². The molecule has 6 nitrogen and oxygen atoms in total.